The molecule has 1 heterocycles. The summed E-state index contributed by atoms with van der Waals surface area (Å²) in [7, 11) is 0. The van der Waals surface area contributed by atoms with Crippen molar-refractivity contribution in [1.82, 2.24) is 4.57 Å². The van der Waals surface area contributed by atoms with Crippen LogP contribution in [0.5, 0.6) is 0 Å². The number of unbranched alkanes of at least 4 members (excludes halogenated alkanes) is 3. The molecule has 4 rings (SSSR count). The quantitative estimate of drug-likeness (QED) is 0.288. The van der Waals surface area contributed by atoms with Crippen molar-refractivity contribution in [3.05, 3.63) is 70.4 Å². The molecule has 5 nitrogen and oxygen atoms in total. The monoisotopic (exact) mass is 447 g/mol. The largest absolute Gasteiger partial charge is 0.478 e. The molecule has 0 fully saturated rings. The van der Waals surface area contributed by atoms with Gasteiger partial charge in [-0.2, -0.15) is 0 Å². The first-order valence-electron chi connectivity index (χ1n) is 12.2. The van der Waals surface area contributed by atoms with Crippen LogP contribution in [0.15, 0.2) is 42.5 Å². The first kappa shape index (κ1) is 23.1. The molecule has 0 spiro atoms. The predicted octanol–water partition coefficient (Wildman–Crippen LogP) is 6.55. The second-order valence-corrected chi connectivity index (χ2v) is 9.34. The van der Waals surface area contributed by atoms with Gasteiger partial charge in [0.15, 0.2) is 0 Å². The van der Waals surface area contributed by atoms with Crippen LogP contribution in [0.2, 0.25) is 0 Å². The van der Waals surface area contributed by atoms with Gasteiger partial charge in [0.25, 0.3) is 0 Å². The number of carboxylic acid groups (broad SMARTS) is 2. The van der Waals surface area contributed by atoms with E-state index in [0.29, 0.717) is 18.0 Å². The van der Waals surface area contributed by atoms with Crippen LogP contribution < -0.4 is 0 Å². The van der Waals surface area contributed by atoms with Crippen LogP contribution in [0.3, 0.4) is 0 Å². The molecule has 1 aliphatic rings. The van der Waals surface area contributed by atoms with E-state index in [1.54, 1.807) is 24.3 Å². The first-order chi connectivity index (χ1) is 16.0. The van der Waals surface area contributed by atoms with E-state index in [-0.39, 0.29) is 5.56 Å². The normalized spacial score (nSPS) is 15.8. The van der Waals surface area contributed by atoms with Crippen LogP contribution in [-0.4, -0.2) is 26.7 Å². The topological polar surface area (TPSA) is 79.5 Å². The highest BCUT2D eigenvalue weighted by Gasteiger charge is 2.26. The van der Waals surface area contributed by atoms with E-state index >= 15 is 0 Å². The molecule has 0 saturated heterocycles. The van der Waals surface area contributed by atoms with E-state index in [0.717, 1.165) is 35.7 Å². The number of fused-ring (bicyclic) bond motifs is 3. The molecule has 0 amide bonds. The van der Waals surface area contributed by atoms with Crippen LogP contribution in [0.4, 0.5) is 0 Å². The molecule has 3 aromatic rings. The lowest BCUT2D eigenvalue weighted by molar-refractivity contribution is 0.0687. The molecule has 2 N–H and O–H groups in total. The van der Waals surface area contributed by atoms with Crippen molar-refractivity contribution in [3.63, 3.8) is 0 Å². The standard InChI is InChI=1S/C28H33NO4/c1-2-3-4-5-9-19-10-7-13-22-23-14-8-15-24(28(32)33)26(23)29(25(22)17-19)18-20-11-6-12-21(16-20)27(30)31/h6,8,11-12,14-16,19H,2-5,7,9-10,13,17-18H2,1H3,(H,30,31)(H,32,33). The Morgan fingerprint density at radius 3 is 2.61 bits per heavy atom. The lowest BCUT2D eigenvalue weighted by Crippen LogP contribution is -2.12. The summed E-state index contributed by atoms with van der Waals surface area (Å²) in [6.45, 7) is 2.70. The van der Waals surface area contributed by atoms with E-state index in [9.17, 15) is 19.8 Å². The Morgan fingerprint density at radius 2 is 1.85 bits per heavy atom. The Hall–Kier alpha value is -3.08. The molecule has 1 aliphatic carbocycles. The van der Waals surface area contributed by atoms with Gasteiger partial charge in [-0.1, -0.05) is 63.3 Å². The second-order valence-electron chi connectivity index (χ2n) is 9.34. The van der Waals surface area contributed by atoms with E-state index < -0.39 is 11.9 Å². The van der Waals surface area contributed by atoms with E-state index in [1.165, 1.54) is 49.8 Å². The van der Waals surface area contributed by atoms with Crippen LogP contribution in [0, 0.1) is 5.92 Å². The van der Waals surface area contributed by atoms with Gasteiger partial charge in [-0.3, -0.25) is 0 Å². The number of carbonyl (C=O) groups is 2. The minimum atomic E-state index is -0.952. The number of benzene rings is 2. The Labute approximate surface area is 195 Å². The molecule has 1 atom stereocenters. The number of hydrogen-bond donors (Lipinski definition) is 2. The average molecular weight is 448 g/mol. The second kappa shape index (κ2) is 10.2. The molecule has 0 bridgehead atoms. The smallest absolute Gasteiger partial charge is 0.337 e. The molecule has 5 heteroatoms. The van der Waals surface area contributed by atoms with Crippen molar-refractivity contribution in [1.29, 1.82) is 0 Å². The third-order valence-corrected chi connectivity index (χ3v) is 7.04. The zero-order valence-corrected chi connectivity index (χ0v) is 19.3. The molecule has 1 unspecified atom stereocenters. The van der Waals surface area contributed by atoms with Gasteiger partial charge in [0.2, 0.25) is 0 Å². The zero-order chi connectivity index (χ0) is 23.4. The van der Waals surface area contributed by atoms with E-state index in [1.807, 2.05) is 18.2 Å². The third-order valence-electron chi connectivity index (χ3n) is 7.04. The fourth-order valence-electron chi connectivity index (χ4n) is 5.43. The van der Waals surface area contributed by atoms with Gasteiger partial charge in [-0.15, -0.1) is 0 Å². The number of nitrogens with zero attached hydrogens (tertiary/aromatic N) is 1. The SMILES string of the molecule is CCCCCCC1CCCc2c(n(Cc3cccc(C(=O)O)c3)c3c(C(=O)O)cccc23)C1. The third kappa shape index (κ3) is 4.97. The van der Waals surface area contributed by atoms with Crippen LogP contribution in [0.25, 0.3) is 10.9 Å². The van der Waals surface area contributed by atoms with Crippen molar-refractivity contribution >= 4 is 22.8 Å². The van der Waals surface area contributed by atoms with E-state index in [2.05, 4.69) is 11.5 Å². The Bertz CT molecular complexity index is 1160. The molecule has 33 heavy (non-hydrogen) atoms. The van der Waals surface area contributed by atoms with Crippen LogP contribution in [-0.2, 0) is 19.4 Å². The highest BCUT2D eigenvalue weighted by molar-refractivity contribution is 6.04. The summed E-state index contributed by atoms with van der Waals surface area (Å²) in [5.41, 5.74) is 4.72. The van der Waals surface area contributed by atoms with Crippen LogP contribution in [0.1, 0.15) is 89.4 Å². The Morgan fingerprint density at radius 1 is 1.03 bits per heavy atom. The number of hydrogen-bond acceptors (Lipinski definition) is 2. The highest BCUT2D eigenvalue weighted by Crippen LogP contribution is 2.37. The van der Waals surface area contributed by atoms with Crippen molar-refractivity contribution in [2.24, 2.45) is 5.92 Å². The summed E-state index contributed by atoms with van der Waals surface area (Å²) >= 11 is 0. The minimum absolute atomic E-state index is 0.252. The van der Waals surface area contributed by atoms with Crippen molar-refractivity contribution in [3.8, 4) is 0 Å². The molecule has 0 saturated carbocycles. The Balaban J connectivity index is 1.78. The summed E-state index contributed by atoms with van der Waals surface area (Å²) in [5, 5.41) is 20.4. The lowest BCUT2D eigenvalue weighted by atomic mass is 9.93. The summed E-state index contributed by atoms with van der Waals surface area (Å²) in [4.78, 5) is 23.6. The first-order valence-corrected chi connectivity index (χ1v) is 12.2. The molecular weight excluding hydrogens is 414 g/mol. The van der Waals surface area contributed by atoms with Gasteiger partial charge in [-0.05, 0) is 60.9 Å². The minimum Gasteiger partial charge on any atom is -0.478 e. The highest BCUT2D eigenvalue weighted by atomic mass is 16.4. The summed E-state index contributed by atoms with van der Waals surface area (Å²) < 4.78 is 2.17. The number of aryl methyl sites for hydroxylation is 1. The molecular formula is C28H33NO4. The Kier molecular flexibility index (Phi) is 7.17. The van der Waals surface area contributed by atoms with Gasteiger partial charge in [0, 0.05) is 17.6 Å². The van der Waals surface area contributed by atoms with E-state index in [4.69, 9.17) is 0 Å². The zero-order valence-electron chi connectivity index (χ0n) is 19.3. The maximum Gasteiger partial charge on any atom is 0.337 e. The van der Waals surface area contributed by atoms with Gasteiger partial charge in [0.05, 0.1) is 16.6 Å². The number of carboxylic acids is 2. The fraction of sp³-hybridized carbons (Fsp3) is 0.429. The van der Waals surface area contributed by atoms with Crippen molar-refractivity contribution in [2.75, 3.05) is 0 Å². The maximum atomic E-state index is 12.1. The molecule has 1 aromatic heterocycles. The van der Waals surface area contributed by atoms with Crippen molar-refractivity contribution < 1.29 is 19.8 Å². The van der Waals surface area contributed by atoms with Crippen molar-refractivity contribution in [2.45, 2.75) is 71.3 Å². The number of para-hydroxylation sites is 1. The van der Waals surface area contributed by atoms with Gasteiger partial charge in [0.1, 0.15) is 0 Å². The van der Waals surface area contributed by atoms with Gasteiger partial charge >= 0.3 is 11.9 Å². The summed E-state index contributed by atoms with van der Waals surface area (Å²) in [6, 6.07) is 12.5. The average Bonchev–Trinajstić information content (AvgIpc) is 2.95. The molecule has 2 aromatic carbocycles. The molecule has 174 valence electrons. The van der Waals surface area contributed by atoms with Gasteiger partial charge in [-0.25, -0.2) is 9.59 Å². The van der Waals surface area contributed by atoms with Gasteiger partial charge < -0.3 is 14.8 Å². The summed E-state index contributed by atoms with van der Waals surface area (Å²) in [6.07, 6.45) is 10.5. The molecule has 0 aliphatic heterocycles. The summed E-state index contributed by atoms with van der Waals surface area (Å²) in [5.74, 6) is -1.28. The fourth-order valence-corrected chi connectivity index (χ4v) is 5.43. The predicted molar refractivity (Wildman–Crippen MR) is 130 cm³/mol. The lowest BCUT2D eigenvalue weighted by Gasteiger charge is -2.18. The molecule has 0 radical (unpaired) electrons. The maximum absolute atomic E-state index is 12.1. The number of aromatic carboxylic acids is 2. The number of rotatable bonds is 9. The number of aromatic nitrogens is 1. The van der Waals surface area contributed by atoms with Crippen LogP contribution >= 0.6 is 0 Å².